The van der Waals surface area contributed by atoms with E-state index in [1.807, 2.05) is 67.7 Å². The van der Waals surface area contributed by atoms with Crippen molar-refractivity contribution in [3.8, 4) is 0 Å². The zero-order valence-corrected chi connectivity index (χ0v) is 15.2. The molecule has 1 aliphatic heterocycles. The van der Waals surface area contributed by atoms with E-state index in [9.17, 15) is 9.59 Å². The largest absolute Gasteiger partial charge is 0.469 e. The van der Waals surface area contributed by atoms with E-state index in [4.69, 9.17) is 9.47 Å². The van der Waals surface area contributed by atoms with E-state index in [0.717, 1.165) is 11.1 Å². The summed E-state index contributed by atoms with van der Waals surface area (Å²) >= 11 is 0. The summed E-state index contributed by atoms with van der Waals surface area (Å²) in [6, 6.07) is 18.9. The van der Waals surface area contributed by atoms with Crippen LogP contribution in [0.1, 0.15) is 23.2 Å². The van der Waals surface area contributed by atoms with Gasteiger partial charge < -0.3 is 9.47 Å². The van der Waals surface area contributed by atoms with E-state index < -0.39 is 23.8 Å². The molecule has 1 saturated heterocycles. The van der Waals surface area contributed by atoms with E-state index >= 15 is 0 Å². The fourth-order valence-electron chi connectivity index (χ4n) is 4.08. The lowest BCUT2D eigenvalue weighted by molar-refractivity contribution is -0.157. The van der Waals surface area contributed by atoms with Gasteiger partial charge in [0.15, 0.2) is 0 Å². The van der Waals surface area contributed by atoms with Crippen molar-refractivity contribution in [3.05, 3.63) is 71.8 Å². The minimum absolute atomic E-state index is 0.280. The van der Waals surface area contributed by atoms with Crippen LogP contribution in [0.4, 0.5) is 0 Å². The Morgan fingerprint density at radius 1 is 0.731 bits per heavy atom. The quantitative estimate of drug-likeness (QED) is 0.791. The molecule has 5 nitrogen and oxygen atoms in total. The Morgan fingerprint density at radius 2 is 1.08 bits per heavy atom. The van der Waals surface area contributed by atoms with Gasteiger partial charge in [-0.05, 0) is 18.2 Å². The fraction of sp³-hybridized carbons (Fsp3) is 0.333. The van der Waals surface area contributed by atoms with Crippen molar-refractivity contribution >= 4 is 11.9 Å². The molecule has 0 aliphatic carbocycles. The standard InChI is InChI=1S/C21H23NO4/c1-22-18(14-10-6-4-7-11-14)16(20(23)25-2)17(21(24)26-3)19(22)15-12-8-5-9-13-15/h4-13,16-19H,1-3H3/t16-,17-,18-,19-/m0/s1. The van der Waals surface area contributed by atoms with Crippen LogP contribution in [-0.2, 0) is 19.1 Å². The molecule has 136 valence electrons. The molecule has 1 aliphatic rings. The van der Waals surface area contributed by atoms with Crippen molar-refractivity contribution < 1.29 is 19.1 Å². The predicted molar refractivity (Wildman–Crippen MR) is 97.1 cm³/mol. The summed E-state index contributed by atoms with van der Waals surface area (Å²) in [5.41, 5.74) is 1.94. The molecule has 26 heavy (non-hydrogen) atoms. The molecule has 0 bridgehead atoms. The molecule has 3 rings (SSSR count). The van der Waals surface area contributed by atoms with Gasteiger partial charge in [-0.3, -0.25) is 14.5 Å². The van der Waals surface area contributed by atoms with Crippen molar-refractivity contribution in [2.24, 2.45) is 11.8 Å². The molecule has 2 aromatic carbocycles. The molecule has 0 amide bonds. The molecule has 2 aromatic rings. The number of hydrogen-bond donors (Lipinski definition) is 0. The van der Waals surface area contributed by atoms with E-state index in [1.165, 1.54) is 14.2 Å². The number of esters is 2. The van der Waals surface area contributed by atoms with Crippen molar-refractivity contribution in [3.63, 3.8) is 0 Å². The van der Waals surface area contributed by atoms with Crippen molar-refractivity contribution in [1.29, 1.82) is 0 Å². The minimum atomic E-state index is -0.648. The van der Waals surface area contributed by atoms with Crippen LogP contribution in [0.15, 0.2) is 60.7 Å². The maximum absolute atomic E-state index is 12.7. The number of ether oxygens (including phenoxy) is 2. The van der Waals surface area contributed by atoms with Crippen LogP contribution in [0.3, 0.4) is 0 Å². The second-order valence-corrected chi connectivity index (χ2v) is 6.47. The molecule has 0 spiro atoms. The van der Waals surface area contributed by atoms with Crippen molar-refractivity contribution in [1.82, 2.24) is 4.90 Å². The van der Waals surface area contributed by atoms with Crippen LogP contribution in [0.25, 0.3) is 0 Å². The number of hydrogen-bond acceptors (Lipinski definition) is 5. The third-order valence-electron chi connectivity index (χ3n) is 5.17. The average molecular weight is 353 g/mol. The average Bonchev–Trinajstić information content (AvgIpc) is 3.01. The molecule has 5 heteroatoms. The maximum atomic E-state index is 12.7. The second kappa shape index (κ2) is 7.70. The Kier molecular flexibility index (Phi) is 5.38. The van der Waals surface area contributed by atoms with E-state index in [1.54, 1.807) is 0 Å². The summed E-state index contributed by atoms with van der Waals surface area (Å²) in [6.45, 7) is 0. The normalized spacial score (nSPS) is 25.7. The highest BCUT2D eigenvalue weighted by atomic mass is 16.5. The van der Waals surface area contributed by atoms with Crippen LogP contribution >= 0.6 is 0 Å². The van der Waals surface area contributed by atoms with Gasteiger partial charge in [0.25, 0.3) is 0 Å². The Hall–Kier alpha value is -2.66. The number of likely N-dealkylation sites (tertiary alicyclic amines) is 1. The molecule has 0 N–H and O–H groups in total. The van der Waals surface area contributed by atoms with Crippen LogP contribution in [0, 0.1) is 11.8 Å². The Morgan fingerprint density at radius 3 is 1.38 bits per heavy atom. The molecular weight excluding hydrogens is 330 g/mol. The number of carbonyl (C=O) groups excluding carboxylic acids is 2. The Labute approximate surface area is 153 Å². The molecule has 0 aromatic heterocycles. The van der Waals surface area contributed by atoms with Crippen LogP contribution < -0.4 is 0 Å². The Balaban J connectivity index is 2.15. The van der Waals surface area contributed by atoms with E-state index in [2.05, 4.69) is 4.90 Å². The van der Waals surface area contributed by atoms with Gasteiger partial charge >= 0.3 is 11.9 Å². The summed E-state index contributed by atoms with van der Waals surface area (Å²) in [4.78, 5) is 27.5. The van der Waals surface area contributed by atoms with Gasteiger partial charge in [-0.25, -0.2) is 0 Å². The van der Waals surface area contributed by atoms with Gasteiger partial charge in [0, 0.05) is 12.1 Å². The molecule has 4 atom stereocenters. The second-order valence-electron chi connectivity index (χ2n) is 6.47. The third kappa shape index (κ3) is 3.10. The summed E-state index contributed by atoms with van der Waals surface area (Å²) in [5, 5.41) is 0. The number of methoxy groups -OCH3 is 2. The van der Waals surface area contributed by atoms with Gasteiger partial charge in [-0.15, -0.1) is 0 Å². The zero-order chi connectivity index (χ0) is 18.7. The highest BCUT2D eigenvalue weighted by Gasteiger charge is 2.55. The lowest BCUT2D eigenvalue weighted by atomic mass is 9.82. The van der Waals surface area contributed by atoms with E-state index in [-0.39, 0.29) is 12.1 Å². The first-order chi connectivity index (χ1) is 12.6. The predicted octanol–water partition coefficient (Wildman–Crippen LogP) is 2.99. The number of carbonyl (C=O) groups is 2. The van der Waals surface area contributed by atoms with Crippen LogP contribution in [0.5, 0.6) is 0 Å². The maximum Gasteiger partial charge on any atom is 0.311 e. The smallest absolute Gasteiger partial charge is 0.311 e. The molecule has 1 heterocycles. The zero-order valence-electron chi connectivity index (χ0n) is 15.2. The van der Waals surface area contributed by atoms with Gasteiger partial charge in [-0.1, -0.05) is 60.7 Å². The summed E-state index contributed by atoms with van der Waals surface area (Å²) < 4.78 is 10.1. The summed E-state index contributed by atoms with van der Waals surface area (Å²) in [7, 11) is 4.65. The first-order valence-electron chi connectivity index (χ1n) is 8.57. The van der Waals surface area contributed by atoms with Gasteiger partial charge in [0.05, 0.1) is 26.1 Å². The monoisotopic (exact) mass is 353 g/mol. The third-order valence-corrected chi connectivity index (χ3v) is 5.17. The molecule has 0 saturated carbocycles. The molecular formula is C21H23NO4. The molecule has 0 radical (unpaired) electrons. The summed E-state index contributed by atoms with van der Waals surface area (Å²) in [5.74, 6) is -2.10. The van der Waals surface area contributed by atoms with Gasteiger partial charge in [-0.2, -0.15) is 0 Å². The van der Waals surface area contributed by atoms with Crippen LogP contribution in [0.2, 0.25) is 0 Å². The summed E-state index contributed by atoms with van der Waals surface area (Å²) in [6.07, 6.45) is 0. The topological polar surface area (TPSA) is 55.8 Å². The highest BCUT2D eigenvalue weighted by Crippen LogP contribution is 2.51. The first-order valence-corrected chi connectivity index (χ1v) is 8.57. The number of benzene rings is 2. The number of nitrogens with zero attached hydrogens (tertiary/aromatic N) is 1. The lowest BCUT2D eigenvalue weighted by Gasteiger charge is -2.27. The molecule has 0 unspecified atom stereocenters. The number of rotatable bonds is 4. The van der Waals surface area contributed by atoms with Gasteiger partial charge in [0.2, 0.25) is 0 Å². The first kappa shape index (κ1) is 18.1. The fourth-order valence-corrected chi connectivity index (χ4v) is 4.08. The van der Waals surface area contributed by atoms with Crippen molar-refractivity contribution in [2.45, 2.75) is 12.1 Å². The Bertz CT molecular complexity index is 697. The van der Waals surface area contributed by atoms with Gasteiger partial charge in [0.1, 0.15) is 0 Å². The minimum Gasteiger partial charge on any atom is -0.469 e. The van der Waals surface area contributed by atoms with Crippen molar-refractivity contribution in [2.75, 3.05) is 21.3 Å². The van der Waals surface area contributed by atoms with E-state index in [0.29, 0.717) is 0 Å². The van der Waals surface area contributed by atoms with Crippen LogP contribution in [-0.4, -0.2) is 38.1 Å². The highest BCUT2D eigenvalue weighted by molar-refractivity contribution is 5.84. The lowest BCUT2D eigenvalue weighted by Crippen LogP contribution is -2.32. The SMILES string of the molecule is COC(=O)[C@H]1[C@H](C(=O)OC)[C@H](c2ccccc2)N(C)[C@H]1c1ccccc1. The molecule has 1 fully saturated rings.